The summed E-state index contributed by atoms with van der Waals surface area (Å²) in [7, 11) is 2.07. The van der Waals surface area contributed by atoms with Gasteiger partial charge in [-0.05, 0) is 44.7 Å². The van der Waals surface area contributed by atoms with Gasteiger partial charge in [0, 0.05) is 24.3 Å². The summed E-state index contributed by atoms with van der Waals surface area (Å²) in [5.74, 6) is 0.101. The maximum Gasteiger partial charge on any atom is 0.159 e. The predicted molar refractivity (Wildman–Crippen MR) is 73.1 cm³/mol. The first kappa shape index (κ1) is 13.1. The summed E-state index contributed by atoms with van der Waals surface area (Å²) >= 11 is 0. The Morgan fingerprint density at radius 1 is 1.28 bits per heavy atom. The van der Waals surface area contributed by atoms with Gasteiger partial charge < -0.3 is 10.0 Å². The van der Waals surface area contributed by atoms with Gasteiger partial charge in [-0.2, -0.15) is 0 Å². The van der Waals surface area contributed by atoms with Crippen LogP contribution in [0.2, 0.25) is 0 Å². The van der Waals surface area contributed by atoms with Gasteiger partial charge >= 0.3 is 0 Å². The number of Topliss-reactive ketones (excluding diaryl/α,β-unsaturated/α-hetero) is 1. The lowest BCUT2D eigenvalue weighted by Crippen LogP contribution is -2.36. The molecule has 0 radical (unpaired) electrons. The number of nitrogens with zero attached hydrogens (tertiary/aromatic N) is 1. The zero-order chi connectivity index (χ0) is 13.1. The molecule has 2 rings (SSSR count). The van der Waals surface area contributed by atoms with Crippen LogP contribution in [0.25, 0.3) is 0 Å². The van der Waals surface area contributed by atoms with Gasteiger partial charge in [-0.1, -0.05) is 12.1 Å². The zero-order valence-corrected chi connectivity index (χ0v) is 11.1. The van der Waals surface area contributed by atoms with E-state index in [9.17, 15) is 9.90 Å². The molecule has 1 saturated carbocycles. The molecule has 98 valence electrons. The standard InChI is InChI=1S/C15H21NO2/c1-11(17)12-4-3-5-14(10-12)16(2)13-6-8-15(18)9-7-13/h3-5,10,13,15,18H,6-9H2,1-2H3. The van der Waals surface area contributed by atoms with Gasteiger partial charge in [0.25, 0.3) is 0 Å². The molecule has 1 aromatic rings. The molecule has 0 aromatic heterocycles. The molecule has 0 amide bonds. The van der Waals surface area contributed by atoms with Crippen molar-refractivity contribution in [2.75, 3.05) is 11.9 Å². The lowest BCUT2D eigenvalue weighted by Gasteiger charge is -2.34. The molecule has 0 aliphatic heterocycles. The van der Waals surface area contributed by atoms with Crippen LogP contribution in [0.5, 0.6) is 0 Å². The fourth-order valence-electron chi connectivity index (χ4n) is 2.60. The van der Waals surface area contributed by atoms with Gasteiger partial charge in [0.15, 0.2) is 5.78 Å². The first-order chi connectivity index (χ1) is 8.58. The van der Waals surface area contributed by atoms with E-state index in [4.69, 9.17) is 0 Å². The molecule has 0 bridgehead atoms. The van der Waals surface area contributed by atoms with Gasteiger partial charge in [-0.25, -0.2) is 0 Å². The largest absolute Gasteiger partial charge is 0.393 e. The molecule has 1 aliphatic rings. The number of benzene rings is 1. The highest BCUT2D eigenvalue weighted by Crippen LogP contribution is 2.26. The minimum absolute atomic E-state index is 0.101. The van der Waals surface area contributed by atoms with Gasteiger partial charge in [-0.3, -0.25) is 4.79 Å². The molecule has 0 unspecified atom stereocenters. The van der Waals surface area contributed by atoms with Crippen molar-refractivity contribution in [2.24, 2.45) is 0 Å². The summed E-state index contributed by atoms with van der Waals surface area (Å²) in [6, 6.07) is 8.24. The Morgan fingerprint density at radius 2 is 1.94 bits per heavy atom. The molecule has 1 fully saturated rings. The number of aliphatic hydroxyl groups excluding tert-OH is 1. The van der Waals surface area contributed by atoms with Gasteiger partial charge in [-0.15, -0.1) is 0 Å². The Balaban J connectivity index is 2.10. The summed E-state index contributed by atoms with van der Waals surface area (Å²) in [6.07, 6.45) is 3.66. The Morgan fingerprint density at radius 3 is 2.56 bits per heavy atom. The maximum atomic E-state index is 11.4. The van der Waals surface area contributed by atoms with Gasteiger partial charge in [0.1, 0.15) is 0 Å². The normalized spacial score (nSPS) is 23.7. The summed E-state index contributed by atoms with van der Waals surface area (Å²) in [5, 5.41) is 9.53. The van der Waals surface area contributed by atoms with Crippen molar-refractivity contribution in [1.29, 1.82) is 0 Å². The molecule has 0 saturated heterocycles. The van der Waals surface area contributed by atoms with E-state index in [2.05, 4.69) is 11.9 Å². The van der Waals surface area contributed by atoms with Crippen molar-refractivity contribution < 1.29 is 9.90 Å². The second kappa shape index (κ2) is 5.53. The summed E-state index contributed by atoms with van der Waals surface area (Å²) in [6.45, 7) is 1.59. The fourth-order valence-corrected chi connectivity index (χ4v) is 2.60. The zero-order valence-electron chi connectivity index (χ0n) is 11.1. The minimum atomic E-state index is -0.127. The molecule has 0 spiro atoms. The highest BCUT2D eigenvalue weighted by Gasteiger charge is 2.23. The van der Waals surface area contributed by atoms with E-state index in [0.717, 1.165) is 36.9 Å². The molecule has 0 heterocycles. The first-order valence-corrected chi connectivity index (χ1v) is 6.60. The number of anilines is 1. The van der Waals surface area contributed by atoms with Crippen LogP contribution in [0, 0.1) is 0 Å². The van der Waals surface area contributed by atoms with E-state index >= 15 is 0 Å². The summed E-state index contributed by atoms with van der Waals surface area (Å²) in [4.78, 5) is 13.6. The van der Waals surface area contributed by atoms with Crippen molar-refractivity contribution in [1.82, 2.24) is 0 Å². The van der Waals surface area contributed by atoms with Crippen LogP contribution in [-0.4, -0.2) is 30.1 Å². The summed E-state index contributed by atoms with van der Waals surface area (Å²) in [5.41, 5.74) is 1.85. The molecule has 1 N–H and O–H groups in total. The van der Waals surface area contributed by atoms with Crippen LogP contribution in [0.4, 0.5) is 5.69 Å². The van der Waals surface area contributed by atoms with Crippen LogP contribution < -0.4 is 4.90 Å². The molecule has 3 nitrogen and oxygen atoms in total. The number of carbonyl (C=O) groups is 1. The van der Waals surface area contributed by atoms with Crippen LogP contribution in [-0.2, 0) is 0 Å². The van der Waals surface area contributed by atoms with E-state index in [-0.39, 0.29) is 11.9 Å². The molecular formula is C15H21NO2. The molecule has 0 atom stereocenters. The molecule has 18 heavy (non-hydrogen) atoms. The van der Waals surface area contributed by atoms with Crippen molar-refractivity contribution in [2.45, 2.75) is 44.8 Å². The van der Waals surface area contributed by atoms with Gasteiger partial charge in [0.05, 0.1) is 6.10 Å². The van der Waals surface area contributed by atoms with E-state index in [1.165, 1.54) is 0 Å². The Bertz CT molecular complexity index is 422. The third kappa shape index (κ3) is 2.91. The van der Waals surface area contributed by atoms with Crippen molar-refractivity contribution in [3.63, 3.8) is 0 Å². The Hall–Kier alpha value is -1.35. The maximum absolute atomic E-state index is 11.4. The molecule has 1 aliphatic carbocycles. The minimum Gasteiger partial charge on any atom is -0.393 e. The topological polar surface area (TPSA) is 40.5 Å². The fraction of sp³-hybridized carbons (Fsp3) is 0.533. The number of carbonyl (C=O) groups excluding carboxylic acids is 1. The monoisotopic (exact) mass is 247 g/mol. The third-order valence-electron chi connectivity index (χ3n) is 3.87. The number of hydrogen-bond donors (Lipinski definition) is 1. The van der Waals surface area contributed by atoms with Crippen LogP contribution in [0.15, 0.2) is 24.3 Å². The second-order valence-corrected chi connectivity index (χ2v) is 5.18. The van der Waals surface area contributed by atoms with Crippen molar-refractivity contribution in [3.05, 3.63) is 29.8 Å². The van der Waals surface area contributed by atoms with E-state index in [0.29, 0.717) is 6.04 Å². The van der Waals surface area contributed by atoms with Crippen LogP contribution in [0.3, 0.4) is 0 Å². The second-order valence-electron chi connectivity index (χ2n) is 5.18. The van der Waals surface area contributed by atoms with E-state index in [1.807, 2.05) is 24.3 Å². The SMILES string of the molecule is CC(=O)c1cccc(N(C)C2CCC(O)CC2)c1. The number of aliphatic hydroxyl groups is 1. The number of rotatable bonds is 3. The number of ketones is 1. The Labute approximate surface area is 108 Å². The number of hydrogen-bond acceptors (Lipinski definition) is 3. The highest BCUT2D eigenvalue weighted by molar-refractivity contribution is 5.94. The average molecular weight is 247 g/mol. The average Bonchev–Trinajstić information content (AvgIpc) is 2.39. The summed E-state index contributed by atoms with van der Waals surface area (Å²) < 4.78 is 0. The quantitative estimate of drug-likeness (QED) is 0.835. The first-order valence-electron chi connectivity index (χ1n) is 6.60. The lowest BCUT2D eigenvalue weighted by molar-refractivity contribution is 0.101. The highest BCUT2D eigenvalue weighted by atomic mass is 16.3. The van der Waals surface area contributed by atoms with Crippen molar-refractivity contribution in [3.8, 4) is 0 Å². The van der Waals surface area contributed by atoms with Crippen molar-refractivity contribution >= 4 is 11.5 Å². The van der Waals surface area contributed by atoms with E-state index < -0.39 is 0 Å². The molecular weight excluding hydrogens is 226 g/mol. The Kier molecular flexibility index (Phi) is 4.02. The smallest absolute Gasteiger partial charge is 0.159 e. The molecule has 3 heteroatoms. The molecule has 1 aromatic carbocycles. The van der Waals surface area contributed by atoms with Gasteiger partial charge in [0.2, 0.25) is 0 Å². The predicted octanol–water partition coefficient (Wildman–Crippen LogP) is 2.63. The third-order valence-corrected chi connectivity index (χ3v) is 3.87. The lowest BCUT2D eigenvalue weighted by atomic mass is 9.92. The van der Waals surface area contributed by atoms with Crippen LogP contribution >= 0.6 is 0 Å². The van der Waals surface area contributed by atoms with E-state index in [1.54, 1.807) is 6.92 Å². The van der Waals surface area contributed by atoms with Crippen LogP contribution in [0.1, 0.15) is 43.0 Å².